The van der Waals surface area contributed by atoms with Crippen LogP contribution in [0.25, 0.3) is 11.3 Å². The lowest BCUT2D eigenvalue weighted by atomic mass is 9.67. The number of anilines is 1. The highest BCUT2D eigenvalue weighted by molar-refractivity contribution is 5.71. The third-order valence-corrected chi connectivity index (χ3v) is 10.2. The minimum atomic E-state index is -0.420. The summed E-state index contributed by atoms with van der Waals surface area (Å²) in [6.45, 7) is 10.4. The second-order valence-electron chi connectivity index (χ2n) is 13.7. The molecule has 4 fully saturated rings. The third kappa shape index (κ3) is 5.32. The molecule has 0 unspecified atom stereocenters. The highest BCUT2D eigenvalue weighted by Gasteiger charge is 2.56. The molecule has 2 aromatic heterocycles. The van der Waals surface area contributed by atoms with Crippen molar-refractivity contribution < 1.29 is 18.6 Å². The van der Waals surface area contributed by atoms with Gasteiger partial charge in [-0.1, -0.05) is 13.8 Å². The number of nitrogens with zero attached hydrogens (tertiary/aromatic N) is 7. The molecule has 4 aliphatic rings. The summed E-state index contributed by atoms with van der Waals surface area (Å²) in [5.41, 5.74) is 3.34. The molecule has 2 aliphatic heterocycles. The van der Waals surface area contributed by atoms with E-state index in [1.165, 1.54) is 18.5 Å². The number of hydrogen-bond donors (Lipinski definition) is 0. The van der Waals surface area contributed by atoms with Gasteiger partial charge in [0.25, 0.3) is 5.88 Å². The number of methoxy groups -OCH3 is 2. The van der Waals surface area contributed by atoms with Crippen LogP contribution in [0.3, 0.4) is 0 Å². The number of benzene rings is 1. The predicted octanol–water partition coefficient (Wildman–Crippen LogP) is 5.38. The molecule has 1 spiro atoms. The molecule has 0 radical (unpaired) electrons. The Morgan fingerprint density at radius 2 is 1.77 bits per heavy atom. The van der Waals surface area contributed by atoms with Gasteiger partial charge >= 0.3 is 0 Å². The van der Waals surface area contributed by atoms with Crippen LogP contribution in [0.2, 0.25) is 0 Å². The minimum Gasteiger partial charge on any atom is -0.434 e. The van der Waals surface area contributed by atoms with Crippen molar-refractivity contribution in [2.45, 2.75) is 70.6 Å². The molecule has 4 heterocycles. The molecule has 2 saturated carbocycles. The number of aromatic nitrogens is 5. The fourth-order valence-electron chi connectivity index (χ4n) is 7.91. The van der Waals surface area contributed by atoms with Crippen molar-refractivity contribution in [3.8, 4) is 22.9 Å². The van der Waals surface area contributed by atoms with Crippen LogP contribution in [0, 0.1) is 30.0 Å². The van der Waals surface area contributed by atoms with Crippen molar-refractivity contribution >= 4 is 5.82 Å². The van der Waals surface area contributed by atoms with Gasteiger partial charge in [-0.2, -0.15) is 5.10 Å². The van der Waals surface area contributed by atoms with E-state index in [2.05, 4.69) is 55.1 Å². The Morgan fingerprint density at radius 1 is 1.00 bits per heavy atom. The lowest BCUT2D eigenvalue weighted by Gasteiger charge is -2.58. The van der Waals surface area contributed by atoms with Crippen LogP contribution in [0.15, 0.2) is 30.6 Å². The number of aryl methyl sites for hydroxylation is 1. The van der Waals surface area contributed by atoms with Gasteiger partial charge in [0.15, 0.2) is 11.6 Å². The first-order chi connectivity index (χ1) is 21.2. The first-order valence-corrected chi connectivity index (χ1v) is 15.8. The predicted molar refractivity (Wildman–Crippen MR) is 163 cm³/mol. The van der Waals surface area contributed by atoms with Gasteiger partial charge in [-0.25, -0.2) is 9.37 Å². The van der Waals surface area contributed by atoms with Gasteiger partial charge in [-0.05, 0) is 73.8 Å². The van der Waals surface area contributed by atoms with Gasteiger partial charge in [-0.15, -0.1) is 15.3 Å². The minimum absolute atomic E-state index is 0.205. The van der Waals surface area contributed by atoms with Crippen LogP contribution in [0.5, 0.6) is 11.6 Å². The Labute approximate surface area is 258 Å². The van der Waals surface area contributed by atoms with Gasteiger partial charge in [0.1, 0.15) is 23.6 Å². The molecule has 10 nitrogen and oxygen atoms in total. The molecule has 2 aliphatic carbocycles. The van der Waals surface area contributed by atoms with E-state index in [0.29, 0.717) is 52.5 Å². The molecule has 3 aromatic rings. The van der Waals surface area contributed by atoms with Crippen molar-refractivity contribution in [1.29, 1.82) is 0 Å². The number of likely N-dealkylation sites (tertiary alicyclic amines) is 1. The maximum absolute atomic E-state index is 14.6. The zero-order chi connectivity index (χ0) is 30.6. The Hall–Kier alpha value is -3.28. The summed E-state index contributed by atoms with van der Waals surface area (Å²) >= 11 is 0. The first kappa shape index (κ1) is 29.4. The molecule has 1 atom stereocenters. The van der Waals surface area contributed by atoms with Crippen LogP contribution in [0.4, 0.5) is 10.2 Å². The molecular formula is C33H42FN7O3. The maximum atomic E-state index is 14.6. The highest BCUT2D eigenvalue weighted by atomic mass is 19.1. The van der Waals surface area contributed by atoms with E-state index in [9.17, 15) is 4.39 Å². The molecule has 2 saturated heterocycles. The van der Waals surface area contributed by atoms with Gasteiger partial charge < -0.3 is 19.1 Å². The molecule has 44 heavy (non-hydrogen) atoms. The fraction of sp³-hybridized carbons (Fsp3) is 0.606. The van der Waals surface area contributed by atoms with E-state index >= 15 is 0 Å². The van der Waals surface area contributed by atoms with E-state index in [-0.39, 0.29) is 11.2 Å². The van der Waals surface area contributed by atoms with Crippen LogP contribution in [0.1, 0.15) is 63.1 Å². The molecule has 234 valence electrons. The van der Waals surface area contributed by atoms with Crippen LogP contribution < -0.4 is 9.64 Å². The molecule has 7 rings (SSSR count). The average molecular weight is 604 g/mol. The summed E-state index contributed by atoms with van der Waals surface area (Å²) in [4.78, 5) is 9.55. The second kappa shape index (κ2) is 11.3. The lowest BCUT2D eigenvalue weighted by Crippen LogP contribution is -2.66. The fourth-order valence-corrected chi connectivity index (χ4v) is 7.91. The monoisotopic (exact) mass is 603 g/mol. The zero-order valence-corrected chi connectivity index (χ0v) is 26.3. The summed E-state index contributed by atoms with van der Waals surface area (Å²) in [6.07, 6.45) is 6.60. The van der Waals surface area contributed by atoms with Crippen molar-refractivity contribution in [2.75, 3.05) is 45.3 Å². The molecule has 1 aromatic carbocycles. The standard InChI is InChI=1S/C33H42FN7O3/c1-20(2)29(23-14-33(15-23,42-4)43-5)41-17-32(18-41)10-11-40(16-32)30-31(39-36-19-35-30)44-27-9-8-24(34)13-26(27)28-25(22-6-7-22)12-21(3)37-38-28/h8-9,12-13,19-20,22-23,29H,6-7,10-11,14-18H2,1-5H3/t29-/m0/s1. The van der Waals surface area contributed by atoms with Crippen molar-refractivity contribution in [3.05, 3.63) is 47.7 Å². The van der Waals surface area contributed by atoms with E-state index in [1.807, 2.05) is 6.92 Å². The van der Waals surface area contributed by atoms with Crippen LogP contribution >= 0.6 is 0 Å². The SMILES string of the molecule is COC1(OC)CC([C@H](C(C)C)N2CC3(CCN(c4ncnnc4Oc4ccc(F)cc4-c4nnc(C)cc4C4CC4)C3)C2)C1. The molecule has 11 heteroatoms. The largest absolute Gasteiger partial charge is 0.434 e. The van der Waals surface area contributed by atoms with E-state index < -0.39 is 5.79 Å². The normalized spacial score (nSPS) is 21.8. The first-order valence-electron chi connectivity index (χ1n) is 15.8. The van der Waals surface area contributed by atoms with Crippen LogP contribution in [-0.2, 0) is 9.47 Å². The van der Waals surface area contributed by atoms with Gasteiger partial charge in [0, 0.05) is 70.3 Å². The number of halogens is 1. The summed E-state index contributed by atoms with van der Waals surface area (Å²) < 4.78 is 32.3. The molecular weight excluding hydrogens is 561 g/mol. The quantitative estimate of drug-likeness (QED) is 0.281. The topological polar surface area (TPSA) is 98.6 Å². The Bertz CT molecular complexity index is 1510. The summed E-state index contributed by atoms with van der Waals surface area (Å²) in [6, 6.07) is 7.05. The molecule has 0 amide bonds. The molecule has 0 N–H and O–H groups in total. The Kier molecular flexibility index (Phi) is 7.53. The highest BCUT2D eigenvalue weighted by Crippen LogP contribution is 2.51. The Morgan fingerprint density at radius 3 is 2.48 bits per heavy atom. The number of ether oxygens (including phenoxy) is 3. The van der Waals surface area contributed by atoms with Crippen LogP contribution in [-0.4, -0.2) is 82.5 Å². The van der Waals surface area contributed by atoms with E-state index in [1.54, 1.807) is 20.3 Å². The van der Waals surface area contributed by atoms with Crippen molar-refractivity contribution in [1.82, 2.24) is 30.3 Å². The summed E-state index contributed by atoms with van der Waals surface area (Å²) in [5.74, 6) is 2.18. The van der Waals surface area contributed by atoms with Gasteiger partial charge in [0.2, 0.25) is 0 Å². The number of rotatable bonds is 10. The van der Waals surface area contributed by atoms with Gasteiger partial charge in [0.05, 0.1) is 5.69 Å². The summed E-state index contributed by atoms with van der Waals surface area (Å²) in [7, 11) is 3.49. The zero-order valence-electron chi connectivity index (χ0n) is 26.3. The van der Waals surface area contributed by atoms with E-state index in [4.69, 9.17) is 14.2 Å². The van der Waals surface area contributed by atoms with Crippen molar-refractivity contribution in [2.24, 2.45) is 17.3 Å². The second-order valence-corrected chi connectivity index (χ2v) is 13.7. The summed E-state index contributed by atoms with van der Waals surface area (Å²) in [5, 5.41) is 17.2. The average Bonchev–Trinajstić information content (AvgIpc) is 3.73. The number of hydrogen-bond acceptors (Lipinski definition) is 10. The van der Waals surface area contributed by atoms with Gasteiger partial charge in [-0.3, -0.25) is 4.90 Å². The Balaban J connectivity index is 1.08. The lowest BCUT2D eigenvalue weighted by molar-refractivity contribution is -0.282. The van der Waals surface area contributed by atoms with E-state index in [0.717, 1.165) is 69.5 Å². The van der Waals surface area contributed by atoms with Crippen molar-refractivity contribution in [3.63, 3.8) is 0 Å². The molecule has 0 bridgehead atoms. The smallest absolute Gasteiger partial charge is 0.282 e. The maximum Gasteiger partial charge on any atom is 0.282 e. The third-order valence-electron chi connectivity index (χ3n) is 10.2.